The molecule has 2 N–H and O–H groups in total. The highest BCUT2D eigenvalue weighted by molar-refractivity contribution is 5.35. The van der Waals surface area contributed by atoms with Crippen LogP contribution in [0.25, 0.3) is 0 Å². The highest BCUT2D eigenvalue weighted by atomic mass is 16.5. The van der Waals surface area contributed by atoms with E-state index in [4.69, 9.17) is 15.7 Å². The fourth-order valence-corrected chi connectivity index (χ4v) is 1.83. The van der Waals surface area contributed by atoms with Gasteiger partial charge in [-0.1, -0.05) is 17.7 Å². The molecule has 0 heterocycles. The maximum absolute atomic E-state index is 8.87. The molecule has 0 amide bonds. The first-order valence-electron chi connectivity index (χ1n) is 5.78. The van der Waals surface area contributed by atoms with Crippen molar-refractivity contribution in [3.05, 3.63) is 29.3 Å². The van der Waals surface area contributed by atoms with Gasteiger partial charge in [0.05, 0.1) is 12.2 Å². The minimum absolute atomic E-state index is 0.0777. The molecule has 92 valence electrons. The Morgan fingerprint density at radius 2 is 2.12 bits per heavy atom. The van der Waals surface area contributed by atoms with Gasteiger partial charge < -0.3 is 10.5 Å². The van der Waals surface area contributed by atoms with Gasteiger partial charge in [-0.05, 0) is 39.3 Å². The second-order valence-electron chi connectivity index (χ2n) is 4.93. The highest BCUT2D eigenvalue weighted by Gasteiger charge is 2.22. The van der Waals surface area contributed by atoms with Gasteiger partial charge in [0, 0.05) is 6.42 Å². The Morgan fingerprint density at radius 3 is 2.65 bits per heavy atom. The normalized spacial score (nSPS) is 15.8. The standard InChI is InChI=1S/C14H20N2O/c1-10-5-6-13(11(2)7-10)17-12(3)8-14(4,16)9-15/h5-7,12H,8,16H2,1-4H3. The highest BCUT2D eigenvalue weighted by Crippen LogP contribution is 2.22. The fraction of sp³-hybridized carbons (Fsp3) is 0.500. The molecule has 0 aliphatic heterocycles. The third kappa shape index (κ3) is 4.08. The maximum Gasteiger partial charge on any atom is 0.122 e. The second kappa shape index (κ2) is 5.20. The van der Waals surface area contributed by atoms with Gasteiger partial charge in [0.25, 0.3) is 0 Å². The van der Waals surface area contributed by atoms with Crippen LogP contribution >= 0.6 is 0 Å². The molecule has 17 heavy (non-hydrogen) atoms. The monoisotopic (exact) mass is 232 g/mol. The Labute approximate surface area is 103 Å². The number of nitrogens with zero attached hydrogens (tertiary/aromatic N) is 1. The van der Waals surface area contributed by atoms with E-state index in [1.165, 1.54) is 5.56 Å². The first-order chi connectivity index (χ1) is 7.84. The zero-order valence-corrected chi connectivity index (χ0v) is 10.9. The van der Waals surface area contributed by atoms with Crippen LogP contribution < -0.4 is 10.5 Å². The minimum atomic E-state index is -0.835. The molecule has 2 atom stereocenters. The van der Waals surface area contributed by atoms with E-state index in [0.717, 1.165) is 11.3 Å². The van der Waals surface area contributed by atoms with Crippen LogP contribution in [0.2, 0.25) is 0 Å². The minimum Gasteiger partial charge on any atom is -0.490 e. The maximum atomic E-state index is 8.87. The summed E-state index contributed by atoms with van der Waals surface area (Å²) in [5.41, 5.74) is 7.27. The van der Waals surface area contributed by atoms with E-state index in [1.54, 1.807) is 6.92 Å². The number of rotatable bonds is 4. The topological polar surface area (TPSA) is 59.0 Å². The van der Waals surface area contributed by atoms with E-state index >= 15 is 0 Å². The molecule has 0 saturated heterocycles. The number of hydrogen-bond acceptors (Lipinski definition) is 3. The summed E-state index contributed by atoms with van der Waals surface area (Å²) in [6.45, 7) is 7.71. The molecule has 3 heteroatoms. The molecule has 1 rings (SSSR count). The van der Waals surface area contributed by atoms with Crippen LogP contribution in [0.3, 0.4) is 0 Å². The van der Waals surface area contributed by atoms with Crippen LogP contribution in [0.15, 0.2) is 18.2 Å². The van der Waals surface area contributed by atoms with Crippen LogP contribution in [-0.4, -0.2) is 11.6 Å². The molecular formula is C14H20N2O. The Bertz CT molecular complexity index is 432. The Morgan fingerprint density at radius 1 is 1.47 bits per heavy atom. The summed E-state index contributed by atoms with van der Waals surface area (Å²) in [5, 5.41) is 8.87. The number of benzene rings is 1. The number of nitriles is 1. The third-order valence-electron chi connectivity index (χ3n) is 2.63. The van der Waals surface area contributed by atoms with Crippen LogP contribution in [0.5, 0.6) is 5.75 Å². The van der Waals surface area contributed by atoms with Crippen molar-refractivity contribution in [1.29, 1.82) is 5.26 Å². The van der Waals surface area contributed by atoms with Crippen LogP contribution in [-0.2, 0) is 0 Å². The van der Waals surface area contributed by atoms with Gasteiger partial charge in [-0.25, -0.2) is 0 Å². The quantitative estimate of drug-likeness (QED) is 0.868. The zero-order chi connectivity index (χ0) is 13.1. The van der Waals surface area contributed by atoms with Gasteiger partial charge >= 0.3 is 0 Å². The lowest BCUT2D eigenvalue weighted by Gasteiger charge is -2.22. The summed E-state index contributed by atoms with van der Waals surface area (Å²) < 4.78 is 5.81. The Kier molecular flexibility index (Phi) is 4.14. The van der Waals surface area contributed by atoms with Crippen molar-refractivity contribution in [3.8, 4) is 11.8 Å². The van der Waals surface area contributed by atoms with Crippen LogP contribution in [0.4, 0.5) is 0 Å². The van der Waals surface area contributed by atoms with E-state index in [-0.39, 0.29) is 6.10 Å². The number of nitrogens with two attached hydrogens (primary N) is 1. The summed E-state index contributed by atoms with van der Waals surface area (Å²) in [4.78, 5) is 0. The lowest BCUT2D eigenvalue weighted by atomic mass is 9.98. The third-order valence-corrected chi connectivity index (χ3v) is 2.63. The number of ether oxygens (including phenoxy) is 1. The Hall–Kier alpha value is -1.53. The average molecular weight is 232 g/mol. The first kappa shape index (κ1) is 13.5. The van der Waals surface area contributed by atoms with Crippen molar-refractivity contribution < 1.29 is 4.74 Å². The van der Waals surface area contributed by atoms with Crippen molar-refractivity contribution in [2.45, 2.75) is 45.8 Å². The molecule has 0 radical (unpaired) electrons. The second-order valence-corrected chi connectivity index (χ2v) is 4.93. The van der Waals surface area contributed by atoms with E-state index < -0.39 is 5.54 Å². The number of hydrogen-bond donors (Lipinski definition) is 1. The van der Waals surface area contributed by atoms with E-state index in [0.29, 0.717) is 6.42 Å². The summed E-state index contributed by atoms with van der Waals surface area (Å²) in [6, 6.07) is 8.13. The van der Waals surface area contributed by atoms with Gasteiger partial charge in [-0.2, -0.15) is 5.26 Å². The first-order valence-corrected chi connectivity index (χ1v) is 5.78. The van der Waals surface area contributed by atoms with Crippen molar-refractivity contribution >= 4 is 0 Å². The lowest BCUT2D eigenvalue weighted by molar-refractivity contribution is 0.190. The molecule has 3 nitrogen and oxygen atoms in total. The van der Waals surface area contributed by atoms with Crippen LogP contribution in [0, 0.1) is 25.2 Å². The van der Waals surface area contributed by atoms with Gasteiger partial charge in [-0.3, -0.25) is 0 Å². The van der Waals surface area contributed by atoms with Crippen LogP contribution in [0.1, 0.15) is 31.4 Å². The van der Waals surface area contributed by atoms with Gasteiger partial charge in [0.15, 0.2) is 0 Å². The molecule has 2 unspecified atom stereocenters. The number of aryl methyl sites for hydroxylation is 2. The Balaban J connectivity index is 2.69. The zero-order valence-electron chi connectivity index (χ0n) is 10.9. The predicted octanol–water partition coefficient (Wildman–Crippen LogP) is 2.70. The molecule has 0 aliphatic rings. The van der Waals surface area contributed by atoms with E-state index in [1.807, 2.05) is 32.9 Å². The fourth-order valence-electron chi connectivity index (χ4n) is 1.83. The smallest absolute Gasteiger partial charge is 0.122 e. The van der Waals surface area contributed by atoms with Crippen molar-refractivity contribution in [3.63, 3.8) is 0 Å². The molecule has 0 aromatic heterocycles. The van der Waals surface area contributed by atoms with Crippen molar-refractivity contribution in [1.82, 2.24) is 0 Å². The summed E-state index contributed by atoms with van der Waals surface area (Å²) in [5.74, 6) is 0.858. The van der Waals surface area contributed by atoms with E-state index in [2.05, 4.69) is 12.1 Å². The van der Waals surface area contributed by atoms with Gasteiger partial charge in [-0.15, -0.1) is 0 Å². The van der Waals surface area contributed by atoms with E-state index in [9.17, 15) is 0 Å². The summed E-state index contributed by atoms with van der Waals surface area (Å²) >= 11 is 0. The van der Waals surface area contributed by atoms with Gasteiger partial charge in [0.2, 0.25) is 0 Å². The molecule has 0 spiro atoms. The average Bonchev–Trinajstić information content (AvgIpc) is 2.21. The molecular weight excluding hydrogens is 212 g/mol. The summed E-state index contributed by atoms with van der Waals surface area (Å²) in [7, 11) is 0. The molecule has 1 aromatic rings. The predicted molar refractivity (Wildman–Crippen MR) is 68.8 cm³/mol. The largest absolute Gasteiger partial charge is 0.490 e. The SMILES string of the molecule is Cc1ccc(OC(C)CC(C)(N)C#N)c(C)c1. The summed E-state index contributed by atoms with van der Waals surface area (Å²) in [6.07, 6.45) is 0.433. The molecule has 0 bridgehead atoms. The molecule has 0 aliphatic carbocycles. The molecule has 1 aromatic carbocycles. The van der Waals surface area contributed by atoms with Crippen molar-refractivity contribution in [2.75, 3.05) is 0 Å². The van der Waals surface area contributed by atoms with Crippen molar-refractivity contribution in [2.24, 2.45) is 5.73 Å². The lowest BCUT2D eigenvalue weighted by Crippen LogP contribution is -2.38. The van der Waals surface area contributed by atoms with Gasteiger partial charge in [0.1, 0.15) is 11.3 Å². The molecule has 0 saturated carbocycles. The molecule has 0 fully saturated rings.